The molecule has 6 heteroatoms. The number of pyridine rings is 2. The molecular formula is C23H34N6. The number of nitrogens with two attached hydrogens (primary N) is 4. The summed E-state index contributed by atoms with van der Waals surface area (Å²) < 4.78 is 0. The monoisotopic (exact) mass is 394 g/mol. The molecule has 0 bridgehead atoms. The number of aromatic nitrogens is 2. The van der Waals surface area contributed by atoms with E-state index in [0.29, 0.717) is 22.7 Å². The first-order chi connectivity index (χ1) is 13.6. The number of hydrogen-bond acceptors (Lipinski definition) is 6. The fraction of sp³-hybridized carbons (Fsp3) is 0.217. The molecule has 0 radical (unpaired) electrons. The van der Waals surface area contributed by atoms with Crippen molar-refractivity contribution >= 4 is 44.6 Å². The topological polar surface area (TPSA) is 130 Å². The Morgan fingerprint density at radius 1 is 0.552 bits per heavy atom. The predicted octanol–water partition coefficient (Wildman–Crippen LogP) is 5.49. The lowest BCUT2D eigenvalue weighted by Gasteiger charge is -2.02. The van der Waals surface area contributed by atoms with Gasteiger partial charge in [-0.1, -0.05) is 71.5 Å². The lowest BCUT2D eigenvalue weighted by Crippen LogP contribution is -1.96. The number of para-hydroxylation sites is 2. The van der Waals surface area contributed by atoms with Crippen LogP contribution >= 0.6 is 0 Å². The van der Waals surface area contributed by atoms with Crippen LogP contribution in [0, 0.1) is 0 Å². The van der Waals surface area contributed by atoms with Gasteiger partial charge in [-0.05, 0) is 12.1 Å². The van der Waals surface area contributed by atoms with Crippen LogP contribution in [0.5, 0.6) is 0 Å². The van der Waals surface area contributed by atoms with E-state index < -0.39 is 0 Å². The number of hydrogen-bond donors (Lipinski definition) is 4. The van der Waals surface area contributed by atoms with Crippen molar-refractivity contribution in [3.05, 3.63) is 60.9 Å². The Bertz CT molecular complexity index is 931. The molecule has 8 N–H and O–H groups in total. The Hall–Kier alpha value is -3.54. The third kappa shape index (κ3) is 6.24. The zero-order chi connectivity index (χ0) is 21.1. The van der Waals surface area contributed by atoms with Gasteiger partial charge in [0, 0.05) is 10.8 Å². The van der Waals surface area contributed by atoms with Crippen LogP contribution in [0.4, 0.5) is 22.7 Å². The molecule has 0 saturated heterocycles. The second kappa shape index (κ2) is 12.8. The van der Waals surface area contributed by atoms with Crippen molar-refractivity contribution in [2.45, 2.75) is 35.1 Å². The molecule has 0 aliphatic heterocycles. The minimum absolute atomic E-state index is 0. The van der Waals surface area contributed by atoms with E-state index >= 15 is 0 Å². The van der Waals surface area contributed by atoms with Crippen molar-refractivity contribution in [2.75, 3.05) is 22.9 Å². The molecule has 0 atom stereocenters. The summed E-state index contributed by atoms with van der Waals surface area (Å²) in [5.74, 6) is 0. The number of fused-ring (bicyclic) bond motifs is 2. The van der Waals surface area contributed by atoms with Crippen LogP contribution in [0.25, 0.3) is 21.8 Å². The number of nitrogens with zero attached hydrogens (tertiary/aromatic N) is 2. The minimum Gasteiger partial charge on any atom is -0.396 e. The summed E-state index contributed by atoms with van der Waals surface area (Å²) in [5, 5.41) is 1.83. The van der Waals surface area contributed by atoms with Gasteiger partial charge in [-0.3, -0.25) is 9.97 Å². The molecule has 0 aliphatic rings. The van der Waals surface area contributed by atoms with Gasteiger partial charge in [0.05, 0.1) is 46.2 Å². The Balaban J connectivity index is 0.000000449. The third-order valence-electron chi connectivity index (χ3n) is 3.70. The molecule has 0 aliphatic carbocycles. The molecule has 0 unspecified atom stereocenters. The van der Waals surface area contributed by atoms with Crippen LogP contribution < -0.4 is 22.9 Å². The highest BCUT2D eigenvalue weighted by atomic mass is 14.8. The Kier molecular flexibility index (Phi) is 11.2. The maximum absolute atomic E-state index is 5.75. The largest absolute Gasteiger partial charge is 0.396 e. The quantitative estimate of drug-likeness (QED) is 0.312. The van der Waals surface area contributed by atoms with Crippen molar-refractivity contribution in [1.82, 2.24) is 9.97 Å². The second-order valence-electron chi connectivity index (χ2n) is 5.29. The minimum atomic E-state index is 0. The average Bonchev–Trinajstić information content (AvgIpc) is 2.77. The molecule has 0 spiro atoms. The summed E-state index contributed by atoms with van der Waals surface area (Å²) in [6, 6.07) is 15.3. The highest BCUT2D eigenvalue weighted by Crippen LogP contribution is 2.24. The van der Waals surface area contributed by atoms with Crippen LogP contribution in [0.1, 0.15) is 35.1 Å². The number of rotatable bonds is 0. The van der Waals surface area contributed by atoms with Crippen LogP contribution in [0.2, 0.25) is 0 Å². The number of nitrogen functional groups attached to an aromatic ring is 4. The summed E-state index contributed by atoms with van der Waals surface area (Å²) in [4.78, 5) is 8.27. The molecule has 0 fully saturated rings. The van der Waals surface area contributed by atoms with E-state index in [1.54, 1.807) is 12.4 Å². The van der Waals surface area contributed by atoms with Gasteiger partial charge in [-0.2, -0.15) is 0 Å². The van der Waals surface area contributed by atoms with Crippen molar-refractivity contribution in [3.8, 4) is 0 Å². The van der Waals surface area contributed by atoms with Crippen LogP contribution in [-0.4, -0.2) is 9.97 Å². The first kappa shape index (κ1) is 25.5. The molecule has 6 nitrogen and oxygen atoms in total. The van der Waals surface area contributed by atoms with Crippen LogP contribution in [0.15, 0.2) is 60.9 Å². The van der Waals surface area contributed by atoms with Crippen molar-refractivity contribution < 1.29 is 0 Å². The predicted molar refractivity (Wildman–Crippen MR) is 131 cm³/mol. The lowest BCUT2D eigenvalue weighted by atomic mass is 10.2. The summed E-state index contributed by atoms with van der Waals surface area (Å²) in [6.45, 7) is 8.00. The molecule has 0 amide bonds. The number of benzene rings is 2. The Morgan fingerprint density at radius 3 is 1.21 bits per heavy atom. The molecular weight excluding hydrogens is 360 g/mol. The summed E-state index contributed by atoms with van der Waals surface area (Å²) in [7, 11) is 0. The Morgan fingerprint density at radius 2 is 0.862 bits per heavy atom. The molecule has 2 aromatic heterocycles. The van der Waals surface area contributed by atoms with Gasteiger partial charge in [0.25, 0.3) is 0 Å². The molecule has 29 heavy (non-hydrogen) atoms. The van der Waals surface area contributed by atoms with Gasteiger partial charge < -0.3 is 22.9 Å². The normalized spacial score (nSPS) is 8.97. The van der Waals surface area contributed by atoms with Gasteiger partial charge in [0.15, 0.2) is 0 Å². The fourth-order valence-corrected chi connectivity index (χ4v) is 2.36. The summed E-state index contributed by atoms with van der Waals surface area (Å²) in [6.07, 6.45) is 3.16. The summed E-state index contributed by atoms with van der Waals surface area (Å²) >= 11 is 0. The standard InChI is InChI=1S/2C9H9N3.2C2H6.CH4/c2*10-7-5-12-8-4-2-1-3-6(8)9(7)11;2*1-2;/h2*1-5H,10H2,(H2,11,12);2*1-2H3;1H4. The summed E-state index contributed by atoms with van der Waals surface area (Å²) in [5.41, 5.74) is 26.8. The zero-order valence-electron chi connectivity index (χ0n) is 17.0. The van der Waals surface area contributed by atoms with Crippen molar-refractivity contribution in [3.63, 3.8) is 0 Å². The van der Waals surface area contributed by atoms with E-state index in [9.17, 15) is 0 Å². The van der Waals surface area contributed by atoms with Gasteiger partial charge in [-0.25, -0.2) is 0 Å². The highest BCUT2D eigenvalue weighted by Gasteiger charge is 2.01. The van der Waals surface area contributed by atoms with Crippen molar-refractivity contribution in [2.24, 2.45) is 0 Å². The first-order valence-corrected chi connectivity index (χ1v) is 9.35. The van der Waals surface area contributed by atoms with E-state index in [2.05, 4.69) is 9.97 Å². The molecule has 4 rings (SSSR count). The van der Waals surface area contributed by atoms with Gasteiger partial charge >= 0.3 is 0 Å². The van der Waals surface area contributed by atoms with E-state index in [4.69, 9.17) is 22.9 Å². The third-order valence-corrected chi connectivity index (χ3v) is 3.70. The fourth-order valence-electron chi connectivity index (χ4n) is 2.36. The maximum atomic E-state index is 5.75. The van der Waals surface area contributed by atoms with Gasteiger partial charge in [0.1, 0.15) is 0 Å². The molecule has 156 valence electrons. The Labute approximate surface area is 173 Å². The lowest BCUT2D eigenvalue weighted by molar-refractivity contribution is 1.41. The van der Waals surface area contributed by atoms with Crippen LogP contribution in [0.3, 0.4) is 0 Å². The average molecular weight is 395 g/mol. The van der Waals surface area contributed by atoms with Gasteiger partial charge in [-0.15, -0.1) is 0 Å². The zero-order valence-corrected chi connectivity index (χ0v) is 17.0. The second-order valence-corrected chi connectivity index (χ2v) is 5.29. The molecule has 2 aromatic carbocycles. The molecule has 2 heterocycles. The van der Waals surface area contributed by atoms with Crippen molar-refractivity contribution in [1.29, 1.82) is 0 Å². The van der Waals surface area contributed by atoms with Gasteiger partial charge in [0.2, 0.25) is 0 Å². The number of anilines is 4. The smallest absolute Gasteiger partial charge is 0.0740 e. The first-order valence-electron chi connectivity index (χ1n) is 9.35. The van der Waals surface area contributed by atoms with E-state index in [1.807, 2.05) is 76.2 Å². The highest BCUT2D eigenvalue weighted by molar-refractivity contribution is 5.96. The van der Waals surface area contributed by atoms with Crippen LogP contribution in [-0.2, 0) is 0 Å². The maximum Gasteiger partial charge on any atom is 0.0740 e. The SMILES string of the molecule is C.CC.CC.Nc1cnc2ccccc2c1N.Nc1cnc2ccccc2c1N. The molecule has 4 aromatic rings. The van der Waals surface area contributed by atoms with E-state index in [-0.39, 0.29) is 7.43 Å². The molecule has 0 saturated carbocycles. The van der Waals surface area contributed by atoms with E-state index in [1.165, 1.54) is 0 Å². The van der Waals surface area contributed by atoms with E-state index in [0.717, 1.165) is 21.8 Å².